The molecule has 2 heterocycles. The molecular weight excluding hydrogens is 214 g/mol. The van der Waals surface area contributed by atoms with Crippen LogP contribution < -0.4 is 5.69 Å². The molecule has 0 aliphatic rings. The molecule has 74 valence electrons. The standard InChI is InChI=1S/C10H6ClN3O/c11-6-1-2-8-7(5-6)9-3-4-12-14(9)10(15)13-8/h1-5H,(H,13,15). The second kappa shape index (κ2) is 2.84. The van der Waals surface area contributed by atoms with Crippen molar-refractivity contribution in [3.63, 3.8) is 0 Å². The molecule has 1 aromatic carbocycles. The molecule has 0 fully saturated rings. The maximum Gasteiger partial charge on any atom is 0.347 e. The van der Waals surface area contributed by atoms with E-state index in [9.17, 15) is 4.79 Å². The summed E-state index contributed by atoms with van der Waals surface area (Å²) in [5.74, 6) is 0. The van der Waals surface area contributed by atoms with Crippen LogP contribution in [0.2, 0.25) is 5.02 Å². The first-order valence-electron chi connectivity index (χ1n) is 4.41. The third kappa shape index (κ3) is 1.15. The molecule has 0 aliphatic heterocycles. The highest BCUT2D eigenvalue weighted by atomic mass is 35.5. The van der Waals surface area contributed by atoms with Gasteiger partial charge in [0.15, 0.2) is 0 Å². The van der Waals surface area contributed by atoms with Crippen molar-refractivity contribution in [1.29, 1.82) is 0 Å². The Hall–Kier alpha value is -1.81. The van der Waals surface area contributed by atoms with Crippen LogP contribution in [0.25, 0.3) is 16.4 Å². The number of nitrogens with zero attached hydrogens (tertiary/aromatic N) is 2. The zero-order chi connectivity index (χ0) is 10.4. The summed E-state index contributed by atoms with van der Waals surface area (Å²) in [5.41, 5.74) is 1.28. The highest BCUT2D eigenvalue weighted by Crippen LogP contribution is 2.20. The van der Waals surface area contributed by atoms with Gasteiger partial charge in [0.1, 0.15) is 0 Å². The summed E-state index contributed by atoms with van der Waals surface area (Å²) >= 11 is 5.90. The summed E-state index contributed by atoms with van der Waals surface area (Å²) in [4.78, 5) is 14.3. The molecule has 3 rings (SSSR count). The van der Waals surface area contributed by atoms with E-state index >= 15 is 0 Å². The summed E-state index contributed by atoms with van der Waals surface area (Å²) in [6.45, 7) is 0. The van der Waals surface area contributed by atoms with Crippen molar-refractivity contribution in [2.45, 2.75) is 0 Å². The Bertz CT molecular complexity index is 713. The van der Waals surface area contributed by atoms with Crippen LogP contribution in [-0.2, 0) is 0 Å². The second-order valence-corrected chi connectivity index (χ2v) is 3.68. The average Bonchev–Trinajstić information content (AvgIpc) is 2.69. The van der Waals surface area contributed by atoms with E-state index in [1.807, 2.05) is 6.07 Å². The number of halogens is 1. The minimum absolute atomic E-state index is 0.246. The van der Waals surface area contributed by atoms with Crippen LogP contribution in [0, 0.1) is 0 Å². The number of hydrogen-bond donors (Lipinski definition) is 1. The molecule has 4 nitrogen and oxygen atoms in total. The van der Waals surface area contributed by atoms with Gasteiger partial charge in [-0.05, 0) is 24.3 Å². The van der Waals surface area contributed by atoms with E-state index in [-0.39, 0.29) is 5.69 Å². The van der Waals surface area contributed by atoms with Crippen molar-refractivity contribution < 1.29 is 0 Å². The smallest absolute Gasteiger partial charge is 0.305 e. The third-order valence-corrected chi connectivity index (χ3v) is 2.57. The number of benzene rings is 1. The van der Waals surface area contributed by atoms with Gasteiger partial charge in [-0.2, -0.15) is 9.61 Å². The molecular formula is C10H6ClN3O. The van der Waals surface area contributed by atoms with Crippen molar-refractivity contribution >= 4 is 28.0 Å². The number of hydrogen-bond acceptors (Lipinski definition) is 2. The van der Waals surface area contributed by atoms with Crippen LogP contribution >= 0.6 is 11.6 Å². The SMILES string of the molecule is O=c1[nH]c2ccc(Cl)cc2c2ccnn12. The molecule has 0 amide bonds. The molecule has 0 atom stereocenters. The topological polar surface area (TPSA) is 50.2 Å². The Balaban J connectivity index is 2.67. The molecule has 0 spiro atoms. The molecule has 0 aliphatic carbocycles. The maximum absolute atomic E-state index is 11.6. The molecule has 15 heavy (non-hydrogen) atoms. The van der Waals surface area contributed by atoms with E-state index in [1.165, 1.54) is 4.52 Å². The Morgan fingerprint density at radius 1 is 1.33 bits per heavy atom. The van der Waals surface area contributed by atoms with E-state index in [0.717, 1.165) is 16.4 Å². The molecule has 0 unspecified atom stereocenters. The van der Waals surface area contributed by atoms with Gasteiger partial charge in [-0.3, -0.25) is 0 Å². The maximum atomic E-state index is 11.6. The summed E-state index contributed by atoms with van der Waals surface area (Å²) in [7, 11) is 0. The van der Waals surface area contributed by atoms with Gasteiger partial charge in [-0.15, -0.1) is 0 Å². The Morgan fingerprint density at radius 2 is 2.20 bits per heavy atom. The summed E-state index contributed by atoms with van der Waals surface area (Å²) in [6.07, 6.45) is 1.59. The number of aromatic nitrogens is 3. The number of fused-ring (bicyclic) bond motifs is 3. The van der Waals surface area contributed by atoms with Crippen molar-refractivity contribution in [3.8, 4) is 0 Å². The largest absolute Gasteiger partial charge is 0.347 e. The number of H-pyrrole nitrogens is 1. The first kappa shape index (κ1) is 8.49. The monoisotopic (exact) mass is 219 g/mol. The predicted molar refractivity (Wildman–Crippen MR) is 58.3 cm³/mol. The van der Waals surface area contributed by atoms with Crippen molar-refractivity contribution in [1.82, 2.24) is 14.6 Å². The van der Waals surface area contributed by atoms with Gasteiger partial charge in [0.2, 0.25) is 0 Å². The van der Waals surface area contributed by atoms with E-state index in [0.29, 0.717) is 5.02 Å². The molecule has 3 aromatic rings. The Kier molecular flexibility index (Phi) is 1.61. The zero-order valence-electron chi connectivity index (χ0n) is 7.57. The van der Waals surface area contributed by atoms with Gasteiger partial charge < -0.3 is 4.98 Å². The lowest BCUT2D eigenvalue weighted by atomic mass is 10.2. The molecule has 0 bridgehead atoms. The van der Waals surface area contributed by atoms with Crippen molar-refractivity contribution in [2.75, 3.05) is 0 Å². The zero-order valence-corrected chi connectivity index (χ0v) is 8.32. The number of rotatable bonds is 0. The fourth-order valence-electron chi connectivity index (χ4n) is 1.67. The number of aromatic amines is 1. The normalized spacial score (nSPS) is 11.3. The molecule has 0 saturated heterocycles. The molecule has 2 aromatic heterocycles. The first-order chi connectivity index (χ1) is 7.25. The quantitative estimate of drug-likeness (QED) is 0.627. The molecule has 0 radical (unpaired) electrons. The lowest BCUT2D eigenvalue weighted by molar-refractivity contribution is 0.881. The number of nitrogens with one attached hydrogen (secondary N) is 1. The fourth-order valence-corrected chi connectivity index (χ4v) is 1.85. The van der Waals surface area contributed by atoms with Gasteiger partial charge in [0, 0.05) is 10.4 Å². The van der Waals surface area contributed by atoms with Gasteiger partial charge in [0.05, 0.1) is 17.2 Å². The first-order valence-corrected chi connectivity index (χ1v) is 4.79. The Labute approximate surface area is 89.1 Å². The predicted octanol–water partition coefficient (Wildman–Crippen LogP) is 1.83. The summed E-state index contributed by atoms with van der Waals surface area (Å²) < 4.78 is 1.32. The lowest BCUT2D eigenvalue weighted by Gasteiger charge is -2.00. The van der Waals surface area contributed by atoms with Crippen LogP contribution in [0.1, 0.15) is 0 Å². The summed E-state index contributed by atoms with van der Waals surface area (Å²) in [5, 5.41) is 5.45. The van der Waals surface area contributed by atoms with E-state index in [1.54, 1.807) is 24.4 Å². The highest BCUT2D eigenvalue weighted by Gasteiger charge is 2.04. The highest BCUT2D eigenvalue weighted by molar-refractivity contribution is 6.31. The molecule has 0 saturated carbocycles. The third-order valence-electron chi connectivity index (χ3n) is 2.33. The van der Waals surface area contributed by atoms with Crippen molar-refractivity contribution in [2.24, 2.45) is 0 Å². The van der Waals surface area contributed by atoms with Gasteiger partial charge in [-0.25, -0.2) is 4.79 Å². The van der Waals surface area contributed by atoms with Crippen molar-refractivity contribution in [3.05, 3.63) is 46.0 Å². The minimum Gasteiger partial charge on any atom is -0.305 e. The Morgan fingerprint density at radius 3 is 3.07 bits per heavy atom. The van der Waals surface area contributed by atoms with Crippen LogP contribution in [0.5, 0.6) is 0 Å². The fraction of sp³-hybridized carbons (Fsp3) is 0. The van der Waals surface area contributed by atoms with Crippen LogP contribution in [0.3, 0.4) is 0 Å². The van der Waals surface area contributed by atoms with Crippen LogP contribution in [0.15, 0.2) is 35.3 Å². The molecule has 1 N–H and O–H groups in total. The van der Waals surface area contributed by atoms with Crippen LogP contribution in [-0.4, -0.2) is 14.6 Å². The average molecular weight is 220 g/mol. The minimum atomic E-state index is -0.246. The second-order valence-electron chi connectivity index (χ2n) is 3.25. The van der Waals surface area contributed by atoms with Crippen LogP contribution in [0.4, 0.5) is 0 Å². The van der Waals surface area contributed by atoms with Gasteiger partial charge >= 0.3 is 5.69 Å². The lowest BCUT2D eigenvalue weighted by Crippen LogP contribution is -2.16. The van der Waals surface area contributed by atoms with Gasteiger partial charge in [0.25, 0.3) is 0 Å². The van der Waals surface area contributed by atoms with E-state index in [2.05, 4.69) is 10.1 Å². The van der Waals surface area contributed by atoms with Gasteiger partial charge in [-0.1, -0.05) is 11.6 Å². The van der Waals surface area contributed by atoms with E-state index in [4.69, 9.17) is 11.6 Å². The molecule has 5 heteroatoms. The summed E-state index contributed by atoms with van der Waals surface area (Å²) in [6, 6.07) is 7.12. The van der Waals surface area contributed by atoms with E-state index < -0.39 is 0 Å².